The average molecular weight is 296 g/mol. The van der Waals surface area contributed by atoms with Crippen molar-refractivity contribution in [3.8, 4) is 0 Å². The van der Waals surface area contributed by atoms with Crippen LogP contribution in [0.4, 0.5) is 5.82 Å². The van der Waals surface area contributed by atoms with E-state index in [-0.39, 0.29) is 11.8 Å². The Morgan fingerprint density at radius 3 is 2.73 bits per heavy atom. The Kier molecular flexibility index (Phi) is 3.03. The van der Waals surface area contributed by atoms with Crippen molar-refractivity contribution < 1.29 is 4.79 Å². The maximum atomic E-state index is 12.0. The summed E-state index contributed by atoms with van der Waals surface area (Å²) < 4.78 is 0. The van der Waals surface area contributed by atoms with Crippen LogP contribution >= 0.6 is 0 Å². The van der Waals surface area contributed by atoms with Gasteiger partial charge in [0.15, 0.2) is 5.65 Å². The van der Waals surface area contributed by atoms with Crippen molar-refractivity contribution >= 4 is 22.8 Å². The van der Waals surface area contributed by atoms with Crippen molar-refractivity contribution in [2.75, 3.05) is 18.0 Å². The molecule has 5 heteroatoms. The molecule has 2 aromatic rings. The fourth-order valence-corrected chi connectivity index (χ4v) is 2.98. The average Bonchev–Trinajstić information content (AvgIpc) is 3.20. The molecule has 0 spiro atoms. The summed E-state index contributed by atoms with van der Waals surface area (Å²) in [5.41, 5.74) is 2.98. The van der Waals surface area contributed by atoms with E-state index in [9.17, 15) is 4.79 Å². The van der Waals surface area contributed by atoms with Gasteiger partial charge in [-0.15, -0.1) is 0 Å². The van der Waals surface area contributed by atoms with Gasteiger partial charge < -0.3 is 10.2 Å². The molecule has 4 rings (SSSR count). The molecule has 0 bridgehead atoms. The van der Waals surface area contributed by atoms with Gasteiger partial charge in [0.05, 0.1) is 5.92 Å². The highest BCUT2D eigenvalue weighted by molar-refractivity contribution is 5.83. The van der Waals surface area contributed by atoms with Gasteiger partial charge in [-0.1, -0.05) is 0 Å². The molecule has 2 aromatic heterocycles. The van der Waals surface area contributed by atoms with Crippen molar-refractivity contribution in [3.63, 3.8) is 0 Å². The zero-order valence-electron chi connectivity index (χ0n) is 13.0. The first kappa shape index (κ1) is 13.5. The van der Waals surface area contributed by atoms with Gasteiger partial charge >= 0.3 is 0 Å². The lowest BCUT2D eigenvalue weighted by Crippen LogP contribution is -2.54. The smallest absolute Gasteiger partial charge is 0.226 e. The van der Waals surface area contributed by atoms with Crippen molar-refractivity contribution in [1.82, 2.24) is 15.3 Å². The van der Waals surface area contributed by atoms with Gasteiger partial charge in [-0.3, -0.25) is 4.79 Å². The summed E-state index contributed by atoms with van der Waals surface area (Å²) in [5.74, 6) is 1.22. The summed E-state index contributed by atoms with van der Waals surface area (Å²) in [6.07, 6.45) is 2.28. The van der Waals surface area contributed by atoms with Crippen LogP contribution in [-0.4, -0.2) is 35.0 Å². The zero-order valence-corrected chi connectivity index (χ0v) is 13.0. The van der Waals surface area contributed by atoms with Gasteiger partial charge in [0, 0.05) is 30.2 Å². The van der Waals surface area contributed by atoms with E-state index < -0.39 is 0 Å². The molecule has 1 saturated heterocycles. The van der Waals surface area contributed by atoms with Gasteiger partial charge in [0.2, 0.25) is 5.91 Å². The van der Waals surface area contributed by atoms with E-state index in [0.717, 1.165) is 48.5 Å². The first-order valence-corrected chi connectivity index (χ1v) is 7.90. The summed E-state index contributed by atoms with van der Waals surface area (Å²) >= 11 is 0. The molecule has 2 fully saturated rings. The van der Waals surface area contributed by atoms with Crippen LogP contribution in [-0.2, 0) is 4.79 Å². The quantitative estimate of drug-likeness (QED) is 0.940. The number of carbonyl (C=O) groups excluding carboxylic acids is 1. The summed E-state index contributed by atoms with van der Waals surface area (Å²) in [7, 11) is 0. The number of hydrogen-bond acceptors (Lipinski definition) is 4. The predicted octanol–water partition coefficient (Wildman–Crippen LogP) is 1.96. The molecule has 114 valence electrons. The number of carbonyl (C=O) groups is 1. The Balaban J connectivity index is 1.49. The molecule has 1 amide bonds. The Morgan fingerprint density at radius 2 is 2.00 bits per heavy atom. The minimum atomic E-state index is 0.102. The number of pyridine rings is 2. The van der Waals surface area contributed by atoms with Crippen molar-refractivity contribution in [3.05, 3.63) is 29.5 Å². The van der Waals surface area contributed by atoms with E-state index in [0.29, 0.717) is 6.04 Å². The predicted molar refractivity (Wildman–Crippen MR) is 85.9 cm³/mol. The van der Waals surface area contributed by atoms with Crippen LogP contribution < -0.4 is 10.2 Å². The topological polar surface area (TPSA) is 58.1 Å². The van der Waals surface area contributed by atoms with E-state index in [1.165, 1.54) is 5.56 Å². The maximum absolute atomic E-state index is 12.0. The molecule has 0 atom stereocenters. The van der Waals surface area contributed by atoms with Crippen molar-refractivity contribution in [1.29, 1.82) is 0 Å². The third-order valence-electron chi connectivity index (χ3n) is 4.49. The minimum absolute atomic E-state index is 0.102. The fraction of sp³-hybridized carbons (Fsp3) is 0.471. The molecule has 0 radical (unpaired) electrons. The highest BCUT2D eigenvalue weighted by Gasteiger charge is 2.36. The minimum Gasteiger partial charge on any atom is -0.355 e. The van der Waals surface area contributed by atoms with E-state index in [1.54, 1.807) is 0 Å². The third-order valence-corrected chi connectivity index (χ3v) is 4.49. The zero-order chi connectivity index (χ0) is 15.3. The Labute approximate surface area is 129 Å². The fourth-order valence-electron chi connectivity index (χ4n) is 2.98. The second kappa shape index (κ2) is 4.93. The molecule has 5 nitrogen and oxygen atoms in total. The summed E-state index contributed by atoms with van der Waals surface area (Å²) in [4.78, 5) is 23.3. The Hall–Kier alpha value is -2.17. The monoisotopic (exact) mass is 296 g/mol. The Morgan fingerprint density at radius 1 is 1.23 bits per heavy atom. The largest absolute Gasteiger partial charge is 0.355 e. The van der Waals surface area contributed by atoms with Gasteiger partial charge in [0.25, 0.3) is 0 Å². The number of nitrogens with zero attached hydrogens (tertiary/aromatic N) is 3. The molecule has 22 heavy (non-hydrogen) atoms. The lowest BCUT2D eigenvalue weighted by atomic mass is 9.99. The van der Waals surface area contributed by atoms with E-state index in [2.05, 4.69) is 39.2 Å². The summed E-state index contributed by atoms with van der Waals surface area (Å²) in [6.45, 7) is 5.58. The van der Waals surface area contributed by atoms with Crippen LogP contribution in [0.15, 0.2) is 18.2 Å². The van der Waals surface area contributed by atoms with Crippen LogP contribution in [0.2, 0.25) is 0 Å². The number of amides is 1. The third kappa shape index (κ3) is 2.40. The number of aromatic nitrogens is 2. The van der Waals surface area contributed by atoms with E-state index >= 15 is 0 Å². The molecule has 1 aliphatic heterocycles. The van der Waals surface area contributed by atoms with Gasteiger partial charge in [-0.25, -0.2) is 9.97 Å². The lowest BCUT2D eigenvalue weighted by Gasteiger charge is -2.39. The highest BCUT2D eigenvalue weighted by Crippen LogP contribution is 2.27. The summed E-state index contributed by atoms with van der Waals surface area (Å²) in [6, 6.07) is 6.62. The number of hydrogen-bond donors (Lipinski definition) is 1. The van der Waals surface area contributed by atoms with Crippen LogP contribution in [0.1, 0.15) is 24.1 Å². The van der Waals surface area contributed by atoms with Gasteiger partial charge in [0.1, 0.15) is 5.82 Å². The van der Waals surface area contributed by atoms with Crippen molar-refractivity contribution in [2.24, 2.45) is 5.92 Å². The highest BCUT2D eigenvalue weighted by atomic mass is 16.2. The molecular weight excluding hydrogens is 276 g/mol. The SMILES string of the molecule is Cc1cc(C)c2ccc(N3CC(C(=O)NC4CC4)C3)nc2n1. The molecule has 2 aliphatic rings. The van der Waals surface area contributed by atoms with Crippen LogP contribution in [0.3, 0.4) is 0 Å². The second-order valence-electron chi connectivity index (χ2n) is 6.51. The summed E-state index contributed by atoms with van der Waals surface area (Å²) in [5, 5.41) is 4.17. The molecule has 1 N–H and O–H groups in total. The van der Waals surface area contributed by atoms with Gasteiger partial charge in [-0.2, -0.15) is 0 Å². The number of aryl methyl sites for hydroxylation is 2. The standard InChI is InChI=1S/C17H20N4O/c1-10-7-11(2)18-16-14(10)5-6-15(20-16)21-8-12(9-21)17(22)19-13-3-4-13/h5-7,12-13H,3-4,8-9H2,1-2H3,(H,19,22). The van der Waals surface area contributed by atoms with Crippen LogP contribution in [0.5, 0.6) is 0 Å². The number of fused-ring (bicyclic) bond motifs is 1. The van der Waals surface area contributed by atoms with Crippen LogP contribution in [0, 0.1) is 19.8 Å². The van der Waals surface area contributed by atoms with Crippen molar-refractivity contribution in [2.45, 2.75) is 32.7 Å². The van der Waals surface area contributed by atoms with Gasteiger partial charge in [-0.05, 0) is 50.5 Å². The maximum Gasteiger partial charge on any atom is 0.226 e. The number of rotatable bonds is 3. The number of nitrogens with one attached hydrogen (secondary N) is 1. The molecule has 1 saturated carbocycles. The van der Waals surface area contributed by atoms with Crippen LogP contribution in [0.25, 0.3) is 11.0 Å². The molecule has 1 aliphatic carbocycles. The van der Waals surface area contributed by atoms with E-state index in [4.69, 9.17) is 0 Å². The molecule has 0 aromatic carbocycles. The first-order valence-electron chi connectivity index (χ1n) is 7.90. The molecule has 3 heterocycles. The number of anilines is 1. The second-order valence-corrected chi connectivity index (χ2v) is 6.51. The first-order chi connectivity index (χ1) is 10.6. The lowest BCUT2D eigenvalue weighted by molar-refractivity contribution is -0.125. The normalized spacial score (nSPS) is 18.4. The molecule has 0 unspecified atom stereocenters. The van der Waals surface area contributed by atoms with E-state index in [1.807, 2.05) is 13.0 Å². The molecular formula is C17H20N4O. The Bertz CT molecular complexity index is 748.